The van der Waals surface area contributed by atoms with Crippen molar-refractivity contribution in [3.05, 3.63) is 66.5 Å². The fourth-order valence-electron chi connectivity index (χ4n) is 4.17. The van der Waals surface area contributed by atoms with Gasteiger partial charge in [-0.2, -0.15) is 5.10 Å². The van der Waals surface area contributed by atoms with E-state index < -0.39 is 0 Å². The van der Waals surface area contributed by atoms with Gasteiger partial charge in [-0.3, -0.25) is 24.2 Å². The molecule has 0 bridgehead atoms. The summed E-state index contributed by atoms with van der Waals surface area (Å²) in [6, 6.07) is 7.25. The molecule has 1 saturated heterocycles. The third-order valence-electron chi connectivity index (χ3n) is 6.29. The Kier molecular flexibility index (Phi) is 6.19. The summed E-state index contributed by atoms with van der Waals surface area (Å²) >= 11 is 0. The predicted octanol–water partition coefficient (Wildman–Crippen LogP) is 2.77. The maximum absolute atomic E-state index is 12.6. The number of anilines is 1. The van der Waals surface area contributed by atoms with E-state index in [4.69, 9.17) is 0 Å². The van der Waals surface area contributed by atoms with Crippen LogP contribution in [0.4, 0.5) is 5.82 Å². The summed E-state index contributed by atoms with van der Waals surface area (Å²) in [4.78, 5) is 39.6. The van der Waals surface area contributed by atoms with E-state index in [1.165, 1.54) is 19.3 Å². The Hall–Kier alpha value is -4.18. The number of nitrogens with zero attached hydrogens (tertiary/aromatic N) is 6. The van der Waals surface area contributed by atoms with Crippen molar-refractivity contribution in [3.8, 4) is 11.3 Å². The average Bonchev–Trinajstić information content (AvgIpc) is 3.38. The lowest BCUT2D eigenvalue weighted by molar-refractivity contribution is 0.0955. The average molecular weight is 471 g/mol. The van der Waals surface area contributed by atoms with Gasteiger partial charge < -0.3 is 15.5 Å². The molecule has 1 aliphatic rings. The van der Waals surface area contributed by atoms with Crippen LogP contribution in [0, 0.1) is 0 Å². The minimum atomic E-state index is -0.360. The maximum atomic E-state index is 12.6. The van der Waals surface area contributed by atoms with Crippen LogP contribution in [-0.4, -0.2) is 68.6 Å². The number of amides is 2. The summed E-state index contributed by atoms with van der Waals surface area (Å²) in [5.41, 5.74) is 2.34. The van der Waals surface area contributed by atoms with E-state index in [2.05, 4.69) is 53.5 Å². The van der Waals surface area contributed by atoms with Crippen molar-refractivity contribution in [1.82, 2.24) is 34.9 Å². The van der Waals surface area contributed by atoms with Gasteiger partial charge in [0, 0.05) is 42.8 Å². The molecule has 0 radical (unpaired) electrons. The Morgan fingerprint density at radius 3 is 2.49 bits per heavy atom. The lowest BCUT2D eigenvalue weighted by atomic mass is 10.1. The molecule has 5 heterocycles. The highest BCUT2D eigenvalue weighted by Gasteiger charge is 2.19. The van der Waals surface area contributed by atoms with Gasteiger partial charge in [0.05, 0.1) is 23.5 Å². The molecular weight excluding hydrogens is 444 g/mol. The number of nitrogens with one attached hydrogen (secondary N) is 2. The lowest BCUT2D eigenvalue weighted by Gasteiger charge is -2.28. The Bertz CT molecular complexity index is 1370. The van der Waals surface area contributed by atoms with Gasteiger partial charge in [-0.05, 0) is 62.6 Å². The summed E-state index contributed by atoms with van der Waals surface area (Å²) < 4.78 is 2.05. The number of fused-ring (bicyclic) bond motifs is 1. The molecule has 5 rings (SSSR count). The molecule has 2 N–H and O–H groups in total. The second-order valence-electron chi connectivity index (χ2n) is 8.70. The van der Waals surface area contributed by atoms with Crippen LogP contribution in [-0.2, 0) is 0 Å². The second kappa shape index (κ2) is 9.59. The molecule has 4 aromatic heterocycles. The quantitative estimate of drug-likeness (QED) is 0.460. The first-order chi connectivity index (χ1) is 17.0. The third kappa shape index (κ3) is 4.87. The van der Waals surface area contributed by atoms with Crippen LogP contribution < -0.4 is 10.6 Å². The molecule has 35 heavy (non-hydrogen) atoms. The highest BCUT2D eigenvalue weighted by molar-refractivity contribution is 6.04. The van der Waals surface area contributed by atoms with Crippen molar-refractivity contribution in [2.75, 3.05) is 32.5 Å². The van der Waals surface area contributed by atoms with Crippen LogP contribution >= 0.6 is 0 Å². The SMILES string of the molecule is CNC(=O)c1ccc(C(=O)Nc2cc3cc(-c4cnn(C5CCN(C)CC5)c4)ncc3cn2)cn1. The molecule has 4 aromatic rings. The van der Waals surface area contributed by atoms with E-state index >= 15 is 0 Å². The topological polar surface area (TPSA) is 118 Å². The monoisotopic (exact) mass is 470 g/mol. The molecule has 0 spiro atoms. The number of hydrogen-bond acceptors (Lipinski definition) is 7. The molecule has 0 saturated carbocycles. The van der Waals surface area contributed by atoms with Gasteiger partial charge in [0.15, 0.2) is 0 Å². The molecule has 0 aliphatic carbocycles. The lowest BCUT2D eigenvalue weighted by Crippen LogP contribution is -2.31. The zero-order chi connectivity index (χ0) is 24.4. The first kappa shape index (κ1) is 22.6. The van der Waals surface area contributed by atoms with Gasteiger partial charge in [-0.1, -0.05) is 0 Å². The number of hydrogen-bond donors (Lipinski definition) is 2. The molecule has 0 atom stereocenters. The van der Waals surface area contributed by atoms with Crippen LogP contribution in [0.5, 0.6) is 0 Å². The van der Waals surface area contributed by atoms with Crippen molar-refractivity contribution >= 4 is 28.4 Å². The molecular formula is C25H26N8O2. The molecule has 178 valence electrons. The Morgan fingerprint density at radius 1 is 0.943 bits per heavy atom. The van der Waals surface area contributed by atoms with Gasteiger partial charge in [-0.15, -0.1) is 0 Å². The Balaban J connectivity index is 1.33. The van der Waals surface area contributed by atoms with Crippen molar-refractivity contribution in [1.29, 1.82) is 0 Å². The summed E-state index contributed by atoms with van der Waals surface area (Å²) in [7, 11) is 3.67. The number of aromatic nitrogens is 5. The van der Waals surface area contributed by atoms with Crippen molar-refractivity contribution in [3.63, 3.8) is 0 Å². The van der Waals surface area contributed by atoms with Gasteiger partial charge in [0.25, 0.3) is 11.8 Å². The maximum Gasteiger partial charge on any atom is 0.269 e. The molecule has 1 fully saturated rings. The van der Waals surface area contributed by atoms with E-state index in [0.29, 0.717) is 17.4 Å². The zero-order valence-electron chi connectivity index (χ0n) is 19.6. The number of likely N-dealkylation sites (tertiary alicyclic amines) is 1. The third-order valence-corrected chi connectivity index (χ3v) is 6.29. The number of carbonyl (C=O) groups excluding carboxylic acids is 2. The number of pyridine rings is 3. The highest BCUT2D eigenvalue weighted by Crippen LogP contribution is 2.26. The summed E-state index contributed by atoms with van der Waals surface area (Å²) in [5, 5.41) is 11.7. The van der Waals surface area contributed by atoms with Crippen LogP contribution in [0.2, 0.25) is 0 Å². The summed E-state index contributed by atoms with van der Waals surface area (Å²) in [6.07, 6.45) is 10.9. The van der Waals surface area contributed by atoms with Crippen LogP contribution in [0.3, 0.4) is 0 Å². The largest absolute Gasteiger partial charge is 0.354 e. The normalized spacial score (nSPS) is 14.7. The van der Waals surface area contributed by atoms with Gasteiger partial charge in [-0.25, -0.2) is 4.98 Å². The fraction of sp³-hybridized carbons (Fsp3) is 0.280. The molecule has 0 unspecified atom stereocenters. The summed E-state index contributed by atoms with van der Waals surface area (Å²) in [6.45, 7) is 2.15. The first-order valence-electron chi connectivity index (χ1n) is 11.5. The van der Waals surface area contributed by atoms with Crippen LogP contribution in [0.25, 0.3) is 22.0 Å². The second-order valence-corrected chi connectivity index (χ2v) is 8.70. The molecule has 10 nitrogen and oxygen atoms in total. The van der Waals surface area contributed by atoms with Crippen molar-refractivity contribution in [2.24, 2.45) is 0 Å². The van der Waals surface area contributed by atoms with Gasteiger partial charge in [0.1, 0.15) is 11.5 Å². The molecule has 10 heteroatoms. The number of piperidine rings is 1. The van der Waals surface area contributed by atoms with E-state index in [-0.39, 0.29) is 17.5 Å². The van der Waals surface area contributed by atoms with Gasteiger partial charge >= 0.3 is 0 Å². The van der Waals surface area contributed by atoms with Crippen LogP contribution in [0.1, 0.15) is 39.7 Å². The minimum Gasteiger partial charge on any atom is -0.354 e. The smallest absolute Gasteiger partial charge is 0.269 e. The number of carbonyl (C=O) groups is 2. The minimum absolute atomic E-state index is 0.243. The Labute approximate surface area is 202 Å². The first-order valence-corrected chi connectivity index (χ1v) is 11.5. The van der Waals surface area contributed by atoms with Crippen LogP contribution in [0.15, 0.2) is 55.2 Å². The number of rotatable bonds is 5. The fourth-order valence-corrected chi connectivity index (χ4v) is 4.17. The van der Waals surface area contributed by atoms with E-state index in [0.717, 1.165) is 48.0 Å². The molecule has 2 amide bonds. The van der Waals surface area contributed by atoms with E-state index in [1.54, 1.807) is 18.5 Å². The van der Waals surface area contributed by atoms with Crippen molar-refractivity contribution < 1.29 is 9.59 Å². The zero-order valence-corrected chi connectivity index (χ0v) is 19.6. The van der Waals surface area contributed by atoms with E-state index in [1.807, 2.05) is 18.3 Å². The highest BCUT2D eigenvalue weighted by atomic mass is 16.2. The van der Waals surface area contributed by atoms with Crippen molar-refractivity contribution in [2.45, 2.75) is 18.9 Å². The summed E-state index contributed by atoms with van der Waals surface area (Å²) in [5.74, 6) is -0.256. The molecule has 0 aromatic carbocycles. The van der Waals surface area contributed by atoms with E-state index in [9.17, 15) is 9.59 Å². The standard InChI is InChI=1S/C25H26N8O2/c1-26-25(35)21-4-3-16(11-27-21)24(34)31-23-10-17-9-22(28-12-18(17)13-29-23)19-14-30-33(15-19)20-5-7-32(2)8-6-20/h3-4,9-15,20H,5-8H2,1-2H3,(H,26,35)(H,29,31,34). The predicted molar refractivity (Wildman–Crippen MR) is 132 cm³/mol. The molecule has 1 aliphatic heterocycles. The Morgan fingerprint density at radius 2 is 1.74 bits per heavy atom. The van der Waals surface area contributed by atoms with Gasteiger partial charge in [0.2, 0.25) is 0 Å².